The molecule has 0 aromatic heterocycles. The summed E-state index contributed by atoms with van der Waals surface area (Å²) in [5, 5.41) is 0. The van der Waals surface area contributed by atoms with Crippen molar-refractivity contribution in [3.63, 3.8) is 0 Å². The molecule has 0 bridgehead atoms. The highest BCUT2D eigenvalue weighted by Gasteiger charge is 2.34. The van der Waals surface area contributed by atoms with E-state index in [2.05, 4.69) is 13.2 Å². The van der Waals surface area contributed by atoms with Gasteiger partial charge in [0.1, 0.15) is 34.5 Å². The molecule has 0 unspecified atom stereocenters. The molecule has 0 amide bonds. The maximum Gasteiger partial charge on any atom is 0.330 e. The van der Waals surface area contributed by atoms with Crippen LogP contribution in [0.2, 0.25) is 0 Å². The molecule has 3 aromatic rings. The van der Waals surface area contributed by atoms with Crippen molar-refractivity contribution in [2.24, 2.45) is 23.7 Å². The lowest BCUT2D eigenvalue weighted by molar-refractivity contribution is -0.145. The number of hydrogen-bond acceptors (Lipinski definition) is 15. The molecule has 0 aliphatic heterocycles. The van der Waals surface area contributed by atoms with Crippen LogP contribution in [0.25, 0.3) is 0 Å². The molecule has 5 rings (SSSR count). The molecule has 0 radical (unpaired) electrons. The van der Waals surface area contributed by atoms with Crippen LogP contribution in [-0.2, 0) is 38.2 Å². The van der Waals surface area contributed by atoms with E-state index in [9.17, 15) is 33.6 Å². The van der Waals surface area contributed by atoms with Gasteiger partial charge in [-0.1, -0.05) is 129 Å². The van der Waals surface area contributed by atoms with Gasteiger partial charge in [-0.3, -0.25) is 24.0 Å². The second-order valence-electron chi connectivity index (χ2n) is 21.8. The van der Waals surface area contributed by atoms with Crippen molar-refractivity contribution in [1.29, 1.82) is 0 Å². The third-order valence-corrected chi connectivity index (χ3v) is 15.3. The number of carbonyl (C=O) groups excluding carboxylic acids is 7. The first-order valence-electron chi connectivity index (χ1n) is 30.5. The smallest absolute Gasteiger partial charge is 0.330 e. The van der Waals surface area contributed by atoms with Crippen LogP contribution in [-0.4, -0.2) is 68.5 Å². The number of ether oxygens (including phenoxy) is 8. The molecule has 0 saturated heterocycles. The van der Waals surface area contributed by atoms with Crippen LogP contribution in [0.5, 0.6) is 34.5 Å². The Kier molecular flexibility index (Phi) is 31.9. The average molecular weight is 1140 g/mol. The Labute approximate surface area is 486 Å². The monoisotopic (exact) mass is 1130 g/mol. The van der Waals surface area contributed by atoms with Gasteiger partial charge in [-0.05, 0) is 144 Å². The highest BCUT2D eigenvalue weighted by molar-refractivity contribution is 5.85. The number of unbranched alkanes of at least 4 members (excludes halogenated alkanes) is 20. The SMILES string of the molecule is C=CC(=O)OCCCCCCCCCCCCCCOc1ccc(OC(=O)[C@H]2CC[C@H](C(=O)Oc3ccc(OC(=O)[C@H]4CC[C@H](C(=O)Oc5ccc(OCCCCCCCCCCCCOC(=O)C=C)cc5)CC4)c(C=O)c3)CC2)cc1. The van der Waals surface area contributed by atoms with Crippen molar-refractivity contribution in [2.45, 2.75) is 193 Å². The molecule has 448 valence electrons. The Morgan fingerprint density at radius 3 is 0.939 bits per heavy atom. The lowest BCUT2D eigenvalue weighted by atomic mass is 9.82. The standard InChI is InChI=1S/C67H90O15/c1-3-62(69)77-47-25-21-17-13-8-6-5-7-11-15-19-23-45-75-56-35-39-58(40-36-56)79-64(71)51-27-29-53(30-28-51)66(73)81-60-43-44-61(55(49-60)50-68)82-67(74)54-33-31-52(32-34-54)65(72)80-59-41-37-57(38-42-59)76-46-24-20-16-12-9-10-14-18-22-26-48-78-63(70)4-2/h3-4,35-44,49-54H,1-2,5-34,45-48H2/t51-,52-,53-,54-. The van der Waals surface area contributed by atoms with E-state index in [0.29, 0.717) is 101 Å². The molecular weight excluding hydrogens is 1040 g/mol. The van der Waals surface area contributed by atoms with Crippen LogP contribution < -0.4 is 28.4 Å². The van der Waals surface area contributed by atoms with Crippen molar-refractivity contribution >= 4 is 42.1 Å². The third kappa shape index (κ3) is 26.4. The molecule has 15 heteroatoms. The van der Waals surface area contributed by atoms with Gasteiger partial charge in [0.2, 0.25) is 0 Å². The first kappa shape index (κ1) is 66.0. The summed E-state index contributed by atoms with van der Waals surface area (Å²) < 4.78 is 44.5. The molecule has 15 nitrogen and oxygen atoms in total. The van der Waals surface area contributed by atoms with Gasteiger partial charge in [-0.2, -0.15) is 0 Å². The summed E-state index contributed by atoms with van der Waals surface area (Å²) in [7, 11) is 0. The lowest BCUT2D eigenvalue weighted by Gasteiger charge is -2.26. The molecule has 2 aliphatic carbocycles. The number of hydrogen-bond donors (Lipinski definition) is 0. The zero-order valence-corrected chi connectivity index (χ0v) is 48.5. The van der Waals surface area contributed by atoms with Gasteiger partial charge in [0.25, 0.3) is 0 Å². The zero-order chi connectivity index (χ0) is 58.4. The summed E-state index contributed by atoms with van der Waals surface area (Å²) in [6.45, 7) is 8.99. The topological polar surface area (TPSA) is 193 Å². The average Bonchev–Trinajstić information content (AvgIpc) is 3.69. The zero-order valence-electron chi connectivity index (χ0n) is 48.5. The van der Waals surface area contributed by atoms with E-state index >= 15 is 0 Å². The molecule has 2 aliphatic rings. The summed E-state index contributed by atoms with van der Waals surface area (Å²) in [5.74, 6) is -1.47. The normalized spacial score (nSPS) is 16.6. The fourth-order valence-electron chi connectivity index (χ4n) is 10.3. The van der Waals surface area contributed by atoms with E-state index in [-0.39, 0.29) is 52.8 Å². The van der Waals surface area contributed by atoms with Gasteiger partial charge in [0, 0.05) is 12.2 Å². The summed E-state index contributed by atoms with van der Waals surface area (Å²) in [4.78, 5) is 86.8. The minimum atomic E-state index is -0.500. The van der Waals surface area contributed by atoms with E-state index in [1.54, 1.807) is 48.5 Å². The Balaban J connectivity index is 0.872. The maximum atomic E-state index is 13.2. The second-order valence-corrected chi connectivity index (χ2v) is 21.8. The predicted octanol–water partition coefficient (Wildman–Crippen LogP) is 14.9. The van der Waals surface area contributed by atoms with E-state index in [1.165, 1.54) is 114 Å². The number of esters is 6. The first-order chi connectivity index (χ1) is 40.0. The fourth-order valence-corrected chi connectivity index (χ4v) is 10.3. The van der Waals surface area contributed by atoms with Gasteiger partial charge in [-0.15, -0.1) is 0 Å². The van der Waals surface area contributed by atoms with E-state index in [4.69, 9.17) is 37.9 Å². The predicted molar refractivity (Wildman–Crippen MR) is 313 cm³/mol. The van der Waals surface area contributed by atoms with Crippen molar-refractivity contribution in [1.82, 2.24) is 0 Å². The van der Waals surface area contributed by atoms with Crippen molar-refractivity contribution in [3.05, 3.63) is 97.6 Å². The van der Waals surface area contributed by atoms with Crippen molar-refractivity contribution in [3.8, 4) is 34.5 Å². The Bertz CT molecular complexity index is 2400. The maximum absolute atomic E-state index is 13.2. The molecule has 0 N–H and O–H groups in total. The van der Waals surface area contributed by atoms with Gasteiger partial charge in [0.05, 0.1) is 55.7 Å². The Morgan fingerprint density at radius 2 is 0.622 bits per heavy atom. The van der Waals surface area contributed by atoms with Gasteiger partial charge >= 0.3 is 35.8 Å². The molecule has 2 fully saturated rings. The number of carbonyl (C=O) groups is 7. The van der Waals surface area contributed by atoms with Gasteiger partial charge < -0.3 is 37.9 Å². The second kappa shape index (κ2) is 39.6. The van der Waals surface area contributed by atoms with Crippen LogP contribution >= 0.6 is 0 Å². The number of benzene rings is 3. The molecule has 0 atom stereocenters. The number of rotatable bonds is 41. The molecular formula is C67H90O15. The van der Waals surface area contributed by atoms with Crippen LogP contribution in [0.15, 0.2) is 92.0 Å². The van der Waals surface area contributed by atoms with E-state index in [1.807, 2.05) is 0 Å². The van der Waals surface area contributed by atoms with Crippen LogP contribution in [0.1, 0.15) is 203 Å². The van der Waals surface area contributed by atoms with Gasteiger partial charge in [-0.25, -0.2) is 9.59 Å². The largest absolute Gasteiger partial charge is 0.494 e. The Morgan fingerprint density at radius 1 is 0.354 bits per heavy atom. The minimum Gasteiger partial charge on any atom is -0.494 e. The fraction of sp³-hybridized carbons (Fsp3) is 0.567. The summed E-state index contributed by atoms with van der Waals surface area (Å²) in [6.07, 6.45) is 31.7. The highest BCUT2D eigenvalue weighted by atomic mass is 16.6. The molecule has 3 aromatic carbocycles. The van der Waals surface area contributed by atoms with Crippen LogP contribution in [0, 0.1) is 23.7 Å². The van der Waals surface area contributed by atoms with Gasteiger partial charge in [0.15, 0.2) is 6.29 Å². The number of aldehydes is 1. The van der Waals surface area contributed by atoms with E-state index in [0.717, 1.165) is 63.5 Å². The molecule has 0 heterocycles. The van der Waals surface area contributed by atoms with Crippen LogP contribution in [0.3, 0.4) is 0 Å². The molecule has 0 spiro atoms. The van der Waals surface area contributed by atoms with Crippen molar-refractivity contribution < 1.29 is 71.5 Å². The summed E-state index contributed by atoms with van der Waals surface area (Å²) >= 11 is 0. The van der Waals surface area contributed by atoms with Crippen molar-refractivity contribution in [2.75, 3.05) is 26.4 Å². The minimum absolute atomic E-state index is 0.0552. The third-order valence-electron chi connectivity index (χ3n) is 15.3. The molecule has 82 heavy (non-hydrogen) atoms. The quantitative estimate of drug-likeness (QED) is 0.0171. The lowest BCUT2D eigenvalue weighted by Crippen LogP contribution is -2.30. The first-order valence-corrected chi connectivity index (χ1v) is 30.5. The summed E-state index contributed by atoms with van der Waals surface area (Å²) in [5.41, 5.74) is 0.0587. The Hall–Kier alpha value is -6.77. The highest BCUT2D eigenvalue weighted by Crippen LogP contribution is 2.35. The van der Waals surface area contributed by atoms with Crippen LogP contribution in [0.4, 0.5) is 0 Å². The summed E-state index contributed by atoms with van der Waals surface area (Å²) in [6, 6.07) is 18.4. The van der Waals surface area contributed by atoms with E-state index < -0.39 is 23.8 Å². The molecule has 2 saturated carbocycles.